The molecule has 9 nitrogen and oxygen atoms in total. The highest BCUT2D eigenvalue weighted by atomic mass is 16.6. The van der Waals surface area contributed by atoms with Crippen LogP contribution in [0.3, 0.4) is 0 Å². The summed E-state index contributed by atoms with van der Waals surface area (Å²) in [5.41, 5.74) is 0.125. The summed E-state index contributed by atoms with van der Waals surface area (Å²) < 4.78 is 5.00. The minimum atomic E-state index is -0.911. The van der Waals surface area contributed by atoms with E-state index in [2.05, 4.69) is 10.6 Å². The summed E-state index contributed by atoms with van der Waals surface area (Å²) in [6.45, 7) is 5.89. The molecule has 0 saturated heterocycles. The minimum Gasteiger partial charge on any atom is -0.452 e. The fraction of sp³-hybridized carbons (Fsp3) is 0.471. The molecule has 0 heterocycles. The molecule has 0 radical (unpaired) electrons. The van der Waals surface area contributed by atoms with Gasteiger partial charge in [0.2, 0.25) is 0 Å². The number of non-ortho nitro benzene ring substituents is 1. The molecule has 9 heteroatoms. The molecule has 0 aliphatic heterocycles. The van der Waals surface area contributed by atoms with E-state index in [0.29, 0.717) is 6.54 Å². The van der Waals surface area contributed by atoms with Gasteiger partial charge < -0.3 is 15.4 Å². The van der Waals surface area contributed by atoms with Gasteiger partial charge in [0.05, 0.1) is 11.3 Å². The average Bonchev–Trinajstić information content (AvgIpc) is 2.59. The zero-order chi connectivity index (χ0) is 19.7. The van der Waals surface area contributed by atoms with E-state index in [1.165, 1.54) is 31.2 Å². The Hall–Kier alpha value is -2.97. The third-order valence-corrected chi connectivity index (χ3v) is 3.32. The molecule has 1 aromatic rings. The standard InChI is InChI=1S/C17H23N3O6/c1-11(2)10-19-16(22)12(3)26-15(21)8-9-18-17(23)13-4-6-14(7-5-13)20(24)25/h4-7,11-12H,8-10H2,1-3H3,(H,18,23)(H,19,22)/t12-/m0/s1. The van der Waals surface area contributed by atoms with E-state index in [0.717, 1.165) is 0 Å². The summed E-state index contributed by atoms with van der Waals surface area (Å²) in [6.07, 6.45) is -1.01. The Kier molecular flexibility index (Phi) is 8.20. The number of nitro benzene ring substituents is 1. The van der Waals surface area contributed by atoms with Crippen LogP contribution in [-0.2, 0) is 14.3 Å². The van der Waals surface area contributed by atoms with E-state index in [9.17, 15) is 24.5 Å². The third-order valence-electron chi connectivity index (χ3n) is 3.32. The van der Waals surface area contributed by atoms with Crippen LogP contribution < -0.4 is 10.6 Å². The Balaban J connectivity index is 2.35. The van der Waals surface area contributed by atoms with Gasteiger partial charge in [0, 0.05) is 30.8 Å². The zero-order valence-electron chi connectivity index (χ0n) is 15.0. The van der Waals surface area contributed by atoms with Gasteiger partial charge in [-0.05, 0) is 25.0 Å². The van der Waals surface area contributed by atoms with Crippen LogP contribution in [0.1, 0.15) is 37.6 Å². The first-order valence-corrected chi connectivity index (χ1v) is 8.20. The lowest BCUT2D eigenvalue weighted by Crippen LogP contribution is -2.38. The number of nitrogens with zero attached hydrogens (tertiary/aromatic N) is 1. The largest absolute Gasteiger partial charge is 0.452 e. The van der Waals surface area contributed by atoms with Gasteiger partial charge in [-0.15, -0.1) is 0 Å². The summed E-state index contributed by atoms with van der Waals surface area (Å²) >= 11 is 0. The lowest BCUT2D eigenvalue weighted by atomic mass is 10.2. The van der Waals surface area contributed by atoms with Crippen LogP contribution in [0.2, 0.25) is 0 Å². The topological polar surface area (TPSA) is 128 Å². The Bertz CT molecular complexity index is 657. The van der Waals surface area contributed by atoms with Gasteiger partial charge in [-0.3, -0.25) is 24.5 Å². The zero-order valence-corrected chi connectivity index (χ0v) is 15.0. The van der Waals surface area contributed by atoms with Crippen LogP contribution in [0.25, 0.3) is 0 Å². The number of benzene rings is 1. The first-order valence-electron chi connectivity index (χ1n) is 8.20. The first-order chi connectivity index (χ1) is 12.2. The van der Waals surface area contributed by atoms with Gasteiger partial charge in [-0.25, -0.2) is 0 Å². The molecule has 0 aliphatic rings. The van der Waals surface area contributed by atoms with Crippen molar-refractivity contribution in [1.29, 1.82) is 0 Å². The van der Waals surface area contributed by atoms with Gasteiger partial charge in [0.25, 0.3) is 17.5 Å². The molecule has 2 amide bonds. The van der Waals surface area contributed by atoms with E-state index in [4.69, 9.17) is 4.74 Å². The van der Waals surface area contributed by atoms with Crippen molar-refractivity contribution < 1.29 is 24.0 Å². The molecule has 2 N–H and O–H groups in total. The maximum absolute atomic E-state index is 11.9. The number of hydrogen-bond acceptors (Lipinski definition) is 6. The summed E-state index contributed by atoms with van der Waals surface area (Å²) in [5, 5.41) is 15.7. The van der Waals surface area contributed by atoms with Gasteiger partial charge >= 0.3 is 5.97 Å². The highest BCUT2D eigenvalue weighted by Gasteiger charge is 2.18. The Morgan fingerprint density at radius 3 is 2.27 bits per heavy atom. The predicted molar refractivity (Wildman–Crippen MR) is 93.4 cm³/mol. The van der Waals surface area contributed by atoms with Crippen molar-refractivity contribution in [3.8, 4) is 0 Å². The van der Waals surface area contributed by atoms with Crippen LogP contribution in [-0.4, -0.2) is 41.9 Å². The maximum atomic E-state index is 11.9. The van der Waals surface area contributed by atoms with Crippen LogP contribution >= 0.6 is 0 Å². The number of carbonyl (C=O) groups is 3. The second-order valence-corrected chi connectivity index (χ2v) is 6.08. The first kappa shape index (κ1) is 21.1. The van der Waals surface area contributed by atoms with Gasteiger partial charge in [-0.1, -0.05) is 13.8 Å². The SMILES string of the molecule is CC(C)CNC(=O)[C@H](C)OC(=O)CCNC(=O)c1ccc([N+](=O)[O-])cc1. The molecule has 26 heavy (non-hydrogen) atoms. The Morgan fingerprint density at radius 1 is 1.12 bits per heavy atom. The normalized spacial score (nSPS) is 11.5. The van der Waals surface area contributed by atoms with Crippen LogP contribution in [0.5, 0.6) is 0 Å². The van der Waals surface area contributed by atoms with Crippen molar-refractivity contribution in [3.63, 3.8) is 0 Å². The molecule has 0 saturated carbocycles. The number of nitrogens with one attached hydrogen (secondary N) is 2. The van der Waals surface area contributed by atoms with Gasteiger partial charge in [0.15, 0.2) is 6.10 Å². The summed E-state index contributed by atoms with van der Waals surface area (Å²) in [7, 11) is 0. The fourth-order valence-electron chi connectivity index (χ4n) is 1.87. The van der Waals surface area contributed by atoms with E-state index in [1.807, 2.05) is 13.8 Å². The van der Waals surface area contributed by atoms with Crippen molar-refractivity contribution in [2.75, 3.05) is 13.1 Å². The number of rotatable bonds is 9. The molecule has 0 unspecified atom stereocenters. The minimum absolute atomic E-state index is 0.0228. The molecular formula is C17H23N3O6. The van der Waals surface area contributed by atoms with E-state index in [-0.39, 0.29) is 36.0 Å². The molecule has 1 aromatic carbocycles. The number of carbonyl (C=O) groups excluding carboxylic acids is 3. The van der Waals surface area contributed by atoms with Crippen molar-refractivity contribution in [1.82, 2.24) is 10.6 Å². The van der Waals surface area contributed by atoms with Crippen LogP contribution in [0, 0.1) is 16.0 Å². The molecule has 0 aromatic heterocycles. The van der Waals surface area contributed by atoms with Crippen molar-refractivity contribution in [2.24, 2.45) is 5.92 Å². The van der Waals surface area contributed by atoms with Crippen LogP contribution in [0.4, 0.5) is 5.69 Å². The molecule has 0 spiro atoms. The van der Waals surface area contributed by atoms with Gasteiger partial charge in [0.1, 0.15) is 0 Å². The molecule has 0 fully saturated rings. The van der Waals surface area contributed by atoms with E-state index >= 15 is 0 Å². The molecule has 1 rings (SSSR count). The second kappa shape index (κ2) is 10.1. The number of amides is 2. The Morgan fingerprint density at radius 2 is 1.73 bits per heavy atom. The maximum Gasteiger partial charge on any atom is 0.308 e. The highest BCUT2D eigenvalue weighted by molar-refractivity contribution is 5.94. The quantitative estimate of drug-likeness (QED) is 0.387. The van der Waals surface area contributed by atoms with Crippen molar-refractivity contribution >= 4 is 23.5 Å². The number of nitro groups is 1. The fourth-order valence-corrected chi connectivity index (χ4v) is 1.87. The average molecular weight is 365 g/mol. The lowest BCUT2D eigenvalue weighted by molar-refractivity contribution is -0.384. The molecule has 1 atom stereocenters. The number of hydrogen-bond donors (Lipinski definition) is 2. The Labute approximate surface area is 151 Å². The van der Waals surface area contributed by atoms with E-state index < -0.39 is 22.9 Å². The summed E-state index contributed by atoms with van der Waals surface area (Å²) in [6, 6.07) is 5.10. The molecular weight excluding hydrogens is 342 g/mol. The second-order valence-electron chi connectivity index (χ2n) is 6.08. The summed E-state index contributed by atoms with van der Waals surface area (Å²) in [5.74, 6) is -1.16. The van der Waals surface area contributed by atoms with Crippen molar-refractivity contribution in [2.45, 2.75) is 33.3 Å². The molecule has 0 bridgehead atoms. The van der Waals surface area contributed by atoms with Crippen molar-refractivity contribution in [3.05, 3.63) is 39.9 Å². The molecule has 142 valence electrons. The number of ether oxygens (including phenoxy) is 1. The lowest BCUT2D eigenvalue weighted by Gasteiger charge is -2.14. The highest BCUT2D eigenvalue weighted by Crippen LogP contribution is 2.11. The van der Waals surface area contributed by atoms with Gasteiger partial charge in [-0.2, -0.15) is 0 Å². The third kappa shape index (κ3) is 7.29. The summed E-state index contributed by atoms with van der Waals surface area (Å²) in [4.78, 5) is 45.3. The van der Waals surface area contributed by atoms with E-state index in [1.54, 1.807) is 0 Å². The number of esters is 1. The monoisotopic (exact) mass is 365 g/mol. The molecule has 0 aliphatic carbocycles. The van der Waals surface area contributed by atoms with Crippen LogP contribution in [0.15, 0.2) is 24.3 Å². The predicted octanol–water partition coefficient (Wildman–Crippen LogP) is 1.42. The smallest absolute Gasteiger partial charge is 0.308 e.